The van der Waals surface area contributed by atoms with Crippen LogP contribution in [0.15, 0.2) is 12.3 Å². The van der Waals surface area contributed by atoms with Crippen molar-refractivity contribution in [1.82, 2.24) is 0 Å². The summed E-state index contributed by atoms with van der Waals surface area (Å²) in [6.07, 6.45) is -3.37. The summed E-state index contributed by atoms with van der Waals surface area (Å²) in [5.41, 5.74) is 0. The van der Waals surface area contributed by atoms with Crippen molar-refractivity contribution in [2.24, 2.45) is 5.92 Å². The second kappa shape index (κ2) is 4.21. The smallest absolute Gasteiger partial charge is 0.415 e. The van der Waals surface area contributed by atoms with E-state index in [1.807, 2.05) is 0 Å². The molecule has 0 spiro atoms. The molecule has 1 rings (SSSR count). The summed E-state index contributed by atoms with van der Waals surface area (Å²) >= 11 is 0. The number of allylic oxidation sites excluding steroid dienone is 1. The first kappa shape index (κ1) is 11.4. The first-order valence-corrected chi connectivity index (χ1v) is 4.41. The van der Waals surface area contributed by atoms with Crippen LogP contribution in [0.2, 0.25) is 0 Å². The Balaban J connectivity index is 2.46. The molecular weight excluding hydrogens is 197 g/mol. The molecule has 0 aromatic heterocycles. The average Bonchev–Trinajstić information content (AvgIpc) is 1.95. The molecule has 5 heteroatoms. The van der Waals surface area contributed by atoms with Gasteiger partial charge in [-0.25, -0.2) is 0 Å². The second-order valence-corrected chi connectivity index (χ2v) is 3.27. The van der Waals surface area contributed by atoms with Crippen molar-refractivity contribution in [1.29, 1.82) is 0 Å². The van der Waals surface area contributed by atoms with E-state index in [1.165, 1.54) is 6.26 Å². The molecule has 3 atom stereocenters. The highest BCUT2D eigenvalue weighted by atomic mass is 19.4. The van der Waals surface area contributed by atoms with Crippen LogP contribution in [-0.2, 0) is 9.47 Å². The van der Waals surface area contributed by atoms with Crippen LogP contribution < -0.4 is 0 Å². The number of hydrogen-bond donors (Lipinski definition) is 0. The molecule has 2 nitrogen and oxygen atoms in total. The number of alkyl halides is 3. The van der Waals surface area contributed by atoms with Crippen LogP contribution in [0.3, 0.4) is 0 Å². The fourth-order valence-electron chi connectivity index (χ4n) is 1.33. The largest absolute Gasteiger partial charge is 0.498 e. The summed E-state index contributed by atoms with van der Waals surface area (Å²) in [6, 6.07) is 0. The zero-order valence-corrected chi connectivity index (χ0v) is 8.04. The van der Waals surface area contributed by atoms with Crippen molar-refractivity contribution < 1.29 is 22.6 Å². The Hall–Kier alpha value is -0.710. The maximum absolute atomic E-state index is 12.2. The molecule has 0 bridgehead atoms. The van der Waals surface area contributed by atoms with Gasteiger partial charge in [-0.05, 0) is 13.8 Å². The van der Waals surface area contributed by atoms with E-state index < -0.39 is 24.3 Å². The second-order valence-electron chi connectivity index (χ2n) is 3.27. The Kier molecular flexibility index (Phi) is 3.42. The van der Waals surface area contributed by atoms with E-state index in [1.54, 1.807) is 19.9 Å². The quantitative estimate of drug-likeness (QED) is 0.666. The summed E-state index contributed by atoms with van der Waals surface area (Å²) in [5, 5.41) is 0. The summed E-state index contributed by atoms with van der Waals surface area (Å²) in [7, 11) is 0. The van der Waals surface area contributed by atoms with Gasteiger partial charge in [-0.1, -0.05) is 6.08 Å². The number of hydrogen-bond acceptors (Lipinski definition) is 2. The lowest BCUT2D eigenvalue weighted by Crippen LogP contribution is -2.54. The Bertz CT molecular complexity index is 213. The first-order valence-electron chi connectivity index (χ1n) is 4.41. The standard InChI is InChI=1S/C9H13F3O2/c1-3-4-13-6(2)7-5-14-8(7)9(10,11)12/h3-4,6-8H,5H2,1-2H3. The van der Waals surface area contributed by atoms with Crippen molar-refractivity contribution in [3.05, 3.63) is 12.3 Å². The van der Waals surface area contributed by atoms with Gasteiger partial charge in [-0.2, -0.15) is 13.2 Å². The predicted molar refractivity (Wildman–Crippen MR) is 44.6 cm³/mol. The fraction of sp³-hybridized carbons (Fsp3) is 0.778. The van der Waals surface area contributed by atoms with E-state index >= 15 is 0 Å². The molecule has 0 amide bonds. The number of ether oxygens (including phenoxy) is 2. The molecule has 1 aliphatic rings. The van der Waals surface area contributed by atoms with Gasteiger partial charge in [0.15, 0.2) is 6.10 Å². The van der Waals surface area contributed by atoms with Crippen LogP contribution in [0.5, 0.6) is 0 Å². The molecule has 0 N–H and O–H groups in total. The van der Waals surface area contributed by atoms with Gasteiger partial charge in [0.05, 0.1) is 18.8 Å². The topological polar surface area (TPSA) is 18.5 Å². The highest BCUT2D eigenvalue weighted by Gasteiger charge is 2.53. The zero-order valence-electron chi connectivity index (χ0n) is 8.04. The van der Waals surface area contributed by atoms with E-state index in [0.29, 0.717) is 0 Å². The molecule has 1 saturated heterocycles. The van der Waals surface area contributed by atoms with E-state index in [2.05, 4.69) is 4.74 Å². The Morgan fingerprint density at radius 1 is 1.50 bits per heavy atom. The summed E-state index contributed by atoms with van der Waals surface area (Å²) in [6.45, 7) is 3.47. The molecular formula is C9H13F3O2. The third-order valence-electron chi connectivity index (χ3n) is 2.21. The fourth-order valence-corrected chi connectivity index (χ4v) is 1.33. The maximum atomic E-state index is 12.2. The molecule has 0 aliphatic carbocycles. The first-order chi connectivity index (χ1) is 6.46. The molecule has 0 radical (unpaired) electrons. The van der Waals surface area contributed by atoms with Gasteiger partial charge in [0.25, 0.3) is 0 Å². The minimum Gasteiger partial charge on any atom is -0.498 e. The van der Waals surface area contributed by atoms with Crippen LogP contribution in [0.4, 0.5) is 13.2 Å². The van der Waals surface area contributed by atoms with E-state index in [0.717, 1.165) is 0 Å². The highest BCUT2D eigenvalue weighted by molar-refractivity contribution is 4.89. The van der Waals surface area contributed by atoms with Gasteiger partial charge in [0, 0.05) is 0 Å². The summed E-state index contributed by atoms with van der Waals surface area (Å²) in [5.74, 6) is -0.591. The molecule has 1 heterocycles. The molecule has 82 valence electrons. The molecule has 14 heavy (non-hydrogen) atoms. The van der Waals surface area contributed by atoms with Crippen LogP contribution in [0.1, 0.15) is 13.8 Å². The minimum absolute atomic E-state index is 0.114. The third-order valence-corrected chi connectivity index (χ3v) is 2.21. The summed E-state index contributed by atoms with van der Waals surface area (Å²) in [4.78, 5) is 0. The molecule has 0 saturated carbocycles. The lowest BCUT2D eigenvalue weighted by molar-refractivity contribution is -0.300. The van der Waals surface area contributed by atoms with Crippen LogP contribution in [-0.4, -0.2) is 25.0 Å². The highest BCUT2D eigenvalue weighted by Crippen LogP contribution is 2.37. The normalized spacial score (nSPS) is 30.1. The third kappa shape index (κ3) is 2.41. The van der Waals surface area contributed by atoms with Gasteiger partial charge in [-0.15, -0.1) is 0 Å². The van der Waals surface area contributed by atoms with Gasteiger partial charge in [0.2, 0.25) is 0 Å². The Morgan fingerprint density at radius 3 is 2.50 bits per heavy atom. The van der Waals surface area contributed by atoms with Gasteiger partial charge >= 0.3 is 6.18 Å². The Labute approximate surface area is 80.7 Å². The number of rotatable bonds is 3. The van der Waals surface area contributed by atoms with Gasteiger partial charge in [0.1, 0.15) is 6.10 Å². The van der Waals surface area contributed by atoms with E-state index in [-0.39, 0.29) is 6.61 Å². The van der Waals surface area contributed by atoms with Gasteiger partial charge in [-0.3, -0.25) is 0 Å². The molecule has 0 aromatic carbocycles. The van der Waals surface area contributed by atoms with Crippen LogP contribution in [0.25, 0.3) is 0 Å². The predicted octanol–water partition coefficient (Wildman–Crippen LogP) is 2.50. The zero-order chi connectivity index (χ0) is 10.8. The average molecular weight is 210 g/mol. The van der Waals surface area contributed by atoms with Crippen molar-refractivity contribution in [3.63, 3.8) is 0 Å². The minimum atomic E-state index is -4.28. The van der Waals surface area contributed by atoms with Crippen molar-refractivity contribution >= 4 is 0 Å². The van der Waals surface area contributed by atoms with E-state index in [9.17, 15) is 13.2 Å². The maximum Gasteiger partial charge on any atom is 0.415 e. The SMILES string of the molecule is CC=COC(C)C1COC1C(F)(F)F. The lowest BCUT2D eigenvalue weighted by atomic mass is 9.92. The molecule has 0 aromatic rings. The van der Waals surface area contributed by atoms with E-state index in [4.69, 9.17) is 4.74 Å². The van der Waals surface area contributed by atoms with Crippen LogP contribution >= 0.6 is 0 Å². The summed E-state index contributed by atoms with van der Waals surface area (Å²) < 4.78 is 46.2. The molecule has 3 unspecified atom stereocenters. The molecule has 1 fully saturated rings. The molecule has 1 aliphatic heterocycles. The van der Waals surface area contributed by atoms with Crippen LogP contribution in [0, 0.1) is 5.92 Å². The number of halogens is 3. The van der Waals surface area contributed by atoms with Crippen molar-refractivity contribution in [2.75, 3.05) is 6.61 Å². The lowest BCUT2D eigenvalue weighted by Gasteiger charge is -2.40. The monoisotopic (exact) mass is 210 g/mol. The van der Waals surface area contributed by atoms with Crippen molar-refractivity contribution in [3.8, 4) is 0 Å². The van der Waals surface area contributed by atoms with Crippen molar-refractivity contribution in [2.45, 2.75) is 32.2 Å². The Morgan fingerprint density at radius 2 is 2.14 bits per heavy atom. The van der Waals surface area contributed by atoms with Gasteiger partial charge < -0.3 is 9.47 Å².